The Hall–Kier alpha value is -1.73. The van der Waals surface area contributed by atoms with Crippen molar-refractivity contribution in [2.45, 2.75) is 13.5 Å². The number of rotatable bonds is 5. The molecule has 0 aliphatic heterocycles. The number of anilines is 1. The van der Waals surface area contributed by atoms with Crippen molar-refractivity contribution in [3.8, 4) is 0 Å². The van der Waals surface area contributed by atoms with Crippen molar-refractivity contribution < 1.29 is 14.1 Å². The van der Waals surface area contributed by atoms with Crippen molar-refractivity contribution in [3.63, 3.8) is 0 Å². The van der Waals surface area contributed by atoms with Crippen molar-refractivity contribution in [2.24, 2.45) is 0 Å². The molecule has 0 aromatic carbocycles. The molecule has 7 heteroatoms. The van der Waals surface area contributed by atoms with Gasteiger partial charge in [-0.1, -0.05) is 5.16 Å². The van der Waals surface area contributed by atoms with E-state index in [9.17, 15) is 4.79 Å². The molecule has 0 fully saturated rings. The lowest BCUT2D eigenvalue weighted by Crippen LogP contribution is -2.30. The zero-order chi connectivity index (χ0) is 14.5. The molecule has 2 rings (SSSR count). The molecule has 2 aromatic rings. The van der Waals surface area contributed by atoms with E-state index in [0.29, 0.717) is 17.3 Å². The van der Waals surface area contributed by atoms with E-state index >= 15 is 0 Å². The van der Waals surface area contributed by atoms with Gasteiger partial charge in [-0.15, -0.1) is 0 Å². The molecule has 0 radical (unpaired) electrons. The Morgan fingerprint density at radius 2 is 2.30 bits per heavy atom. The third kappa shape index (κ3) is 3.88. The third-order valence-electron chi connectivity index (χ3n) is 2.58. The van der Waals surface area contributed by atoms with Crippen LogP contribution in [0.5, 0.6) is 0 Å². The number of nitrogens with zero attached hydrogens (tertiary/aromatic N) is 3. The highest BCUT2D eigenvalue weighted by atomic mass is 79.9. The van der Waals surface area contributed by atoms with E-state index in [1.54, 1.807) is 32.3 Å². The first kappa shape index (κ1) is 14.7. The van der Waals surface area contributed by atoms with Gasteiger partial charge in [0.05, 0.1) is 6.61 Å². The van der Waals surface area contributed by atoms with Crippen LogP contribution in [0.1, 0.15) is 11.5 Å². The molecular formula is C13H14BrN3O3. The number of aryl methyl sites for hydroxylation is 1. The lowest BCUT2D eigenvalue weighted by molar-refractivity contribution is -0.123. The smallest absolute Gasteiger partial charge is 0.253 e. The van der Waals surface area contributed by atoms with Crippen LogP contribution in [0.2, 0.25) is 0 Å². The van der Waals surface area contributed by atoms with E-state index < -0.39 is 0 Å². The van der Waals surface area contributed by atoms with Gasteiger partial charge in [-0.3, -0.25) is 9.69 Å². The predicted molar refractivity (Wildman–Crippen MR) is 76.2 cm³/mol. The number of likely N-dealkylation sites (N-methyl/N-ethyl adjacent to an activating group) is 1. The molecule has 0 atom stereocenters. The van der Waals surface area contributed by atoms with E-state index in [-0.39, 0.29) is 19.1 Å². The summed E-state index contributed by atoms with van der Waals surface area (Å²) in [7, 11) is 1.65. The zero-order valence-corrected chi connectivity index (χ0v) is 12.8. The van der Waals surface area contributed by atoms with Gasteiger partial charge in [0, 0.05) is 23.8 Å². The number of hydrogen-bond donors (Lipinski definition) is 0. The van der Waals surface area contributed by atoms with Crippen molar-refractivity contribution in [3.05, 3.63) is 40.3 Å². The second kappa shape index (κ2) is 6.62. The maximum Gasteiger partial charge on any atom is 0.253 e. The first-order chi connectivity index (χ1) is 9.56. The molecule has 0 aliphatic carbocycles. The van der Waals surface area contributed by atoms with Crippen molar-refractivity contribution in [2.75, 3.05) is 18.6 Å². The number of halogens is 1. The van der Waals surface area contributed by atoms with Crippen LogP contribution in [0.25, 0.3) is 0 Å². The molecule has 6 nitrogen and oxygen atoms in total. The number of hydrogen-bond acceptors (Lipinski definition) is 5. The minimum Gasteiger partial charge on any atom is -0.365 e. The van der Waals surface area contributed by atoms with Gasteiger partial charge in [-0.05, 0) is 35.0 Å². The summed E-state index contributed by atoms with van der Waals surface area (Å²) < 4.78 is 11.1. The van der Waals surface area contributed by atoms with Gasteiger partial charge in [-0.25, -0.2) is 4.98 Å². The van der Waals surface area contributed by atoms with Gasteiger partial charge in [0.15, 0.2) is 0 Å². The Kier molecular flexibility index (Phi) is 4.86. The van der Waals surface area contributed by atoms with E-state index in [1.807, 2.05) is 6.07 Å². The van der Waals surface area contributed by atoms with Gasteiger partial charge < -0.3 is 9.26 Å². The summed E-state index contributed by atoms with van der Waals surface area (Å²) in [6, 6.07) is 5.35. The molecule has 1 amide bonds. The Morgan fingerprint density at radius 3 is 2.90 bits per heavy atom. The molecule has 0 N–H and O–H groups in total. The van der Waals surface area contributed by atoms with E-state index in [2.05, 4.69) is 26.1 Å². The number of amides is 1. The van der Waals surface area contributed by atoms with Crippen LogP contribution < -0.4 is 4.90 Å². The van der Waals surface area contributed by atoms with E-state index in [4.69, 9.17) is 9.26 Å². The summed E-state index contributed by atoms with van der Waals surface area (Å²) in [6.07, 6.45) is 1.64. The molecule has 0 spiro atoms. The maximum absolute atomic E-state index is 11.9. The standard InChI is InChI=1S/C13H14BrN3O3/c1-9-5-11(16-20-9)7-19-8-13(18)17(2)12-4-3-10(14)6-15-12/h3-6H,7-8H2,1-2H3. The van der Waals surface area contributed by atoms with Crippen molar-refractivity contribution in [1.82, 2.24) is 10.1 Å². The lowest BCUT2D eigenvalue weighted by atomic mass is 10.4. The van der Waals surface area contributed by atoms with Crippen LogP contribution in [0.3, 0.4) is 0 Å². The first-order valence-electron chi connectivity index (χ1n) is 5.94. The van der Waals surface area contributed by atoms with Crippen LogP contribution in [0.15, 0.2) is 33.4 Å². The Bertz CT molecular complexity index is 583. The summed E-state index contributed by atoms with van der Waals surface area (Å²) in [6.45, 7) is 2.00. The Morgan fingerprint density at radius 1 is 1.50 bits per heavy atom. The molecule has 0 bridgehead atoms. The van der Waals surface area contributed by atoms with Crippen molar-refractivity contribution >= 4 is 27.7 Å². The van der Waals surface area contributed by atoms with Crippen molar-refractivity contribution in [1.29, 1.82) is 0 Å². The minimum atomic E-state index is -0.181. The largest absolute Gasteiger partial charge is 0.365 e. The van der Waals surface area contributed by atoms with Gasteiger partial charge in [-0.2, -0.15) is 0 Å². The fourth-order valence-corrected chi connectivity index (χ4v) is 1.75. The highest BCUT2D eigenvalue weighted by Crippen LogP contribution is 2.13. The van der Waals surface area contributed by atoms with E-state index in [1.165, 1.54) is 4.90 Å². The SMILES string of the molecule is Cc1cc(COCC(=O)N(C)c2ccc(Br)cn2)no1. The topological polar surface area (TPSA) is 68.5 Å². The molecule has 106 valence electrons. The predicted octanol–water partition coefficient (Wildman–Crippen LogP) is 2.32. The number of carbonyl (C=O) groups excluding carboxylic acids is 1. The van der Waals surface area contributed by atoms with Gasteiger partial charge >= 0.3 is 0 Å². The van der Waals surface area contributed by atoms with Gasteiger partial charge in [0.25, 0.3) is 5.91 Å². The summed E-state index contributed by atoms with van der Waals surface area (Å²) >= 11 is 3.29. The summed E-state index contributed by atoms with van der Waals surface area (Å²) in [5.74, 6) is 1.10. The Labute approximate surface area is 124 Å². The monoisotopic (exact) mass is 339 g/mol. The quantitative estimate of drug-likeness (QED) is 0.836. The zero-order valence-electron chi connectivity index (χ0n) is 11.2. The molecule has 20 heavy (non-hydrogen) atoms. The molecule has 2 aromatic heterocycles. The summed E-state index contributed by atoms with van der Waals surface area (Å²) in [5.41, 5.74) is 0.666. The molecule has 0 saturated carbocycles. The average Bonchev–Trinajstić information content (AvgIpc) is 2.84. The lowest BCUT2D eigenvalue weighted by Gasteiger charge is -2.15. The highest BCUT2D eigenvalue weighted by Gasteiger charge is 2.12. The fraction of sp³-hybridized carbons (Fsp3) is 0.308. The van der Waals surface area contributed by atoms with Crippen LogP contribution in [-0.4, -0.2) is 29.7 Å². The molecule has 0 unspecified atom stereocenters. The number of aromatic nitrogens is 2. The minimum absolute atomic E-state index is 0.0415. The second-order valence-electron chi connectivity index (χ2n) is 4.21. The highest BCUT2D eigenvalue weighted by molar-refractivity contribution is 9.10. The summed E-state index contributed by atoms with van der Waals surface area (Å²) in [4.78, 5) is 17.5. The summed E-state index contributed by atoms with van der Waals surface area (Å²) in [5, 5.41) is 3.78. The third-order valence-corrected chi connectivity index (χ3v) is 3.05. The number of carbonyl (C=O) groups is 1. The second-order valence-corrected chi connectivity index (χ2v) is 5.12. The molecule has 2 heterocycles. The van der Waals surface area contributed by atoms with Crippen LogP contribution in [0.4, 0.5) is 5.82 Å². The van der Waals surface area contributed by atoms with Crippen LogP contribution in [-0.2, 0) is 16.1 Å². The van der Waals surface area contributed by atoms with Gasteiger partial charge in [0.1, 0.15) is 23.9 Å². The van der Waals surface area contributed by atoms with Crippen LogP contribution >= 0.6 is 15.9 Å². The Balaban J connectivity index is 1.83. The number of pyridine rings is 1. The first-order valence-corrected chi connectivity index (χ1v) is 6.73. The van der Waals surface area contributed by atoms with E-state index in [0.717, 1.165) is 4.47 Å². The average molecular weight is 340 g/mol. The normalized spacial score (nSPS) is 10.6. The van der Waals surface area contributed by atoms with Gasteiger partial charge in [0.2, 0.25) is 0 Å². The maximum atomic E-state index is 11.9. The van der Waals surface area contributed by atoms with Crippen LogP contribution in [0, 0.1) is 6.92 Å². The number of ether oxygens (including phenoxy) is 1. The molecule has 0 saturated heterocycles. The fourth-order valence-electron chi connectivity index (χ4n) is 1.52. The molecule has 0 aliphatic rings. The molecular weight excluding hydrogens is 326 g/mol.